The molecule has 1 aliphatic heterocycles. The van der Waals surface area contributed by atoms with Gasteiger partial charge in [-0.25, -0.2) is 0 Å². The van der Waals surface area contributed by atoms with Crippen molar-refractivity contribution in [3.05, 3.63) is 36.0 Å². The van der Waals surface area contributed by atoms with Gasteiger partial charge >= 0.3 is 0 Å². The second-order valence-corrected chi connectivity index (χ2v) is 5.40. The molecule has 0 saturated carbocycles. The Hall–Kier alpha value is -1.61. The number of rotatable bonds is 3. The number of aromatic nitrogens is 1. The molecule has 0 atom stereocenters. The smallest absolute Gasteiger partial charge is 0.0725 e. The molecule has 0 unspecified atom stereocenters. The summed E-state index contributed by atoms with van der Waals surface area (Å²) in [7, 11) is 0. The minimum absolute atomic E-state index is 0.786. The summed E-state index contributed by atoms with van der Waals surface area (Å²) in [5, 5.41) is 8.27. The Bertz CT molecular complexity index is 559. The molecule has 1 aromatic carbocycles. The zero-order chi connectivity index (χ0) is 13.1. The third-order valence-corrected chi connectivity index (χ3v) is 3.88. The molecule has 0 amide bonds. The van der Waals surface area contributed by atoms with Crippen molar-refractivity contribution in [3.8, 4) is 0 Å². The van der Waals surface area contributed by atoms with Crippen molar-refractivity contribution in [2.75, 3.05) is 25.0 Å². The number of hydrogen-bond donors (Lipinski definition) is 2. The number of nitrogens with zero attached hydrogens (tertiary/aromatic N) is 1. The van der Waals surface area contributed by atoms with Crippen molar-refractivity contribution < 1.29 is 0 Å². The SMILES string of the molecule is Cc1cc(NCC2CCNCC2)c2ccccc2n1. The number of fused-ring (bicyclic) bond motifs is 1. The molecule has 0 radical (unpaired) electrons. The highest BCUT2D eigenvalue weighted by molar-refractivity contribution is 5.91. The van der Waals surface area contributed by atoms with Crippen LogP contribution in [-0.2, 0) is 0 Å². The molecule has 3 rings (SSSR count). The molecule has 0 spiro atoms. The average Bonchev–Trinajstić information content (AvgIpc) is 2.45. The maximum absolute atomic E-state index is 4.58. The zero-order valence-corrected chi connectivity index (χ0v) is 11.4. The second kappa shape index (κ2) is 5.57. The third-order valence-electron chi connectivity index (χ3n) is 3.88. The first-order valence-electron chi connectivity index (χ1n) is 7.14. The lowest BCUT2D eigenvalue weighted by atomic mass is 9.98. The van der Waals surface area contributed by atoms with Gasteiger partial charge in [0.2, 0.25) is 0 Å². The Kier molecular flexibility index (Phi) is 3.65. The van der Waals surface area contributed by atoms with E-state index >= 15 is 0 Å². The van der Waals surface area contributed by atoms with Gasteiger partial charge < -0.3 is 10.6 Å². The van der Waals surface area contributed by atoms with Crippen molar-refractivity contribution in [1.29, 1.82) is 0 Å². The van der Waals surface area contributed by atoms with Gasteiger partial charge in [0.05, 0.1) is 5.52 Å². The van der Waals surface area contributed by atoms with Crippen LogP contribution in [0.25, 0.3) is 10.9 Å². The highest BCUT2D eigenvalue weighted by Crippen LogP contribution is 2.23. The standard InChI is InChI=1S/C16H21N3/c1-12-10-16(14-4-2-3-5-15(14)19-12)18-11-13-6-8-17-9-7-13/h2-5,10,13,17H,6-9,11H2,1H3,(H,18,19). The van der Waals surface area contributed by atoms with Gasteiger partial charge in [-0.05, 0) is 50.9 Å². The summed E-state index contributed by atoms with van der Waals surface area (Å²) >= 11 is 0. The topological polar surface area (TPSA) is 37.0 Å². The number of benzene rings is 1. The van der Waals surface area contributed by atoms with Crippen molar-refractivity contribution in [3.63, 3.8) is 0 Å². The van der Waals surface area contributed by atoms with Crippen LogP contribution >= 0.6 is 0 Å². The normalized spacial score (nSPS) is 16.7. The molecular formula is C16H21N3. The van der Waals surface area contributed by atoms with E-state index in [2.05, 4.69) is 46.8 Å². The zero-order valence-electron chi connectivity index (χ0n) is 11.4. The van der Waals surface area contributed by atoms with E-state index < -0.39 is 0 Å². The number of nitrogens with one attached hydrogen (secondary N) is 2. The van der Waals surface area contributed by atoms with Gasteiger partial charge in [-0.3, -0.25) is 4.98 Å². The fraction of sp³-hybridized carbons (Fsp3) is 0.438. The molecule has 2 heterocycles. The van der Waals surface area contributed by atoms with Crippen LogP contribution in [0.3, 0.4) is 0 Å². The quantitative estimate of drug-likeness (QED) is 0.885. The lowest BCUT2D eigenvalue weighted by Crippen LogP contribution is -2.31. The van der Waals surface area contributed by atoms with E-state index in [1.54, 1.807) is 0 Å². The fourth-order valence-corrected chi connectivity index (χ4v) is 2.79. The van der Waals surface area contributed by atoms with Gasteiger partial charge in [0.1, 0.15) is 0 Å². The predicted molar refractivity (Wildman–Crippen MR) is 80.6 cm³/mol. The number of pyridine rings is 1. The first kappa shape index (κ1) is 12.4. The third kappa shape index (κ3) is 2.87. The minimum Gasteiger partial charge on any atom is -0.384 e. The van der Waals surface area contributed by atoms with Gasteiger partial charge in [-0.15, -0.1) is 0 Å². The van der Waals surface area contributed by atoms with Gasteiger partial charge in [0, 0.05) is 23.3 Å². The second-order valence-electron chi connectivity index (χ2n) is 5.40. The van der Waals surface area contributed by atoms with E-state index in [0.717, 1.165) is 36.8 Å². The lowest BCUT2D eigenvalue weighted by Gasteiger charge is -2.23. The molecule has 2 N–H and O–H groups in total. The molecule has 2 aromatic rings. The first-order chi connectivity index (χ1) is 9.33. The molecular weight excluding hydrogens is 234 g/mol. The highest BCUT2D eigenvalue weighted by Gasteiger charge is 2.13. The summed E-state index contributed by atoms with van der Waals surface area (Å²) in [6, 6.07) is 10.5. The Morgan fingerprint density at radius 2 is 2.05 bits per heavy atom. The summed E-state index contributed by atoms with van der Waals surface area (Å²) in [6.45, 7) is 5.43. The molecule has 1 fully saturated rings. The number of aryl methyl sites for hydroxylation is 1. The summed E-state index contributed by atoms with van der Waals surface area (Å²) in [6.07, 6.45) is 2.55. The number of anilines is 1. The molecule has 19 heavy (non-hydrogen) atoms. The molecule has 1 aliphatic rings. The number of para-hydroxylation sites is 1. The first-order valence-corrected chi connectivity index (χ1v) is 7.14. The van der Waals surface area contributed by atoms with E-state index in [-0.39, 0.29) is 0 Å². The Morgan fingerprint density at radius 1 is 1.26 bits per heavy atom. The van der Waals surface area contributed by atoms with Crippen LogP contribution in [0.5, 0.6) is 0 Å². The summed E-state index contributed by atoms with van der Waals surface area (Å²) in [5.74, 6) is 0.786. The monoisotopic (exact) mass is 255 g/mol. The maximum atomic E-state index is 4.58. The minimum atomic E-state index is 0.786. The lowest BCUT2D eigenvalue weighted by molar-refractivity contribution is 0.390. The van der Waals surface area contributed by atoms with Crippen LogP contribution in [0.1, 0.15) is 18.5 Å². The molecule has 100 valence electrons. The van der Waals surface area contributed by atoms with Crippen LogP contribution < -0.4 is 10.6 Å². The molecule has 0 aliphatic carbocycles. The van der Waals surface area contributed by atoms with Gasteiger partial charge in [0.25, 0.3) is 0 Å². The van der Waals surface area contributed by atoms with Gasteiger partial charge in [0.15, 0.2) is 0 Å². The largest absolute Gasteiger partial charge is 0.384 e. The van der Waals surface area contributed by atoms with E-state index in [4.69, 9.17) is 0 Å². The summed E-state index contributed by atoms with van der Waals surface area (Å²) in [5.41, 5.74) is 3.38. The van der Waals surface area contributed by atoms with Crippen LogP contribution in [0.4, 0.5) is 5.69 Å². The van der Waals surface area contributed by atoms with Crippen LogP contribution in [0, 0.1) is 12.8 Å². The summed E-state index contributed by atoms with van der Waals surface area (Å²) in [4.78, 5) is 4.58. The van der Waals surface area contributed by atoms with Crippen molar-refractivity contribution in [2.24, 2.45) is 5.92 Å². The molecule has 0 bridgehead atoms. The van der Waals surface area contributed by atoms with Crippen LogP contribution in [-0.4, -0.2) is 24.6 Å². The van der Waals surface area contributed by atoms with Gasteiger partial charge in [-0.1, -0.05) is 18.2 Å². The van der Waals surface area contributed by atoms with Crippen LogP contribution in [0.15, 0.2) is 30.3 Å². The average molecular weight is 255 g/mol. The Labute approximate surface area is 114 Å². The number of piperidine rings is 1. The highest BCUT2D eigenvalue weighted by atomic mass is 14.9. The number of hydrogen-bond acceptors (Lipinski definition) is 3. The Morgan fingerprint density at radius 3 is 2.89 bits per heavy atom. The molecule has 1 aromatic heterocycles. The summed E-state index contributed by atoms with van der Waals surface area (Å²) < 4.78 is 0. The van der Waals surface area contributed by atoms with E-state index in [0.29, 0.717) is 0 Å². The van der Waals surface area contributed by atoms with Gasteiger partial charge in [-0.2, -0.15) is 0 Å². The Balaban J connectivity index is 1.79. The van der Waals surface area contributed by atoms with E-state index in [9.17, 15) is 0 Å². The van der Waals surface area contributed by atoms with Crippen LogP contribution in [0.2, 0.25) is 0 Å². The van der Waals surface area contributed by atoms with Crippen molar-refractivity contribution in [1.82, 2.24) is 10.3 Å². The molecule has 3 heteroatoms. The molecule has 3 nitrogen and oxygen atoms in total. The predicted octanol–water partition coefficient (Wildman–Crippen LogP) is 2.95. The van der Waals surface area contributed by atoms with E-state index in [1.807, 2.05) is 6.07 Å². The van der Waals surface area contributed by atoms with Crippen molar-refractivity contribution in [2.45, 2.75) is 19.8 Å². The molecule has 1 saturated heterocycles. The van der Waals surface area contributed by atoms with Crippen molar-refractivity contribution >= 4 is 16.6 Å². The fourth-order valence-electron chi connectivity index (χ4n) is 2.79. The maximum Gasteiger partial charge on any atom is 0.0725 e. The van der Waals surface area contributed by atoms with E-state index in [1.165, 1.54) is 23.9 Å².